The first-order valence-corrected chi connectivity index (χ1v) is 6.02. The lowest BCUT2D eigenvalue weighted by Gasteiger charge is -2.25. The average molecular weight is 363 g/mol. The SMILES string of the molecule is I.NC(=NCc1ccc(F)cc1)NCC1CCC1. The van der Waals surface area contributed by atoms with Crippen LogP contribution < -0.4 is 11.1 Å². The van der Waals surface area contributed by atoms with Gasteiger partial charge < -0.3 is 11.1 Å². The van der Waals surface area contributed by atoms with Crippen LogP contribution in [0.4, 0.5) is 4.39 Å². The lowest BCUT2D eigenvalue weighted by Crippen LogP contribution is -2.37. The molecule has 0 amide bonds. The van der Waals surface area contributed by atoms with E-state index < -0.39 is 0 Å². The topological polar surface area (TPSA) is 50.4 Å². The molecule has 100 valence electrons. The summed E-state index contributed by atoms with van der Waals surface area (Å²) in [6, 6.07) is 6.31. The molecule has 1 aliphatic rings. The number of nitrogens with one attached hydrogen (secondary N) is 1. The molecular weight excluding hydrogens is 344 g/mol. The fourth-order valence-electron chi connectivity index (χ4n) is 1.77. The molecule has 1 aromatic rings. The minimum absolute atomic E-state index is 0. The highest BCUT2D eigenvalue weighted by atomic mass is 127. The van der Waals surface area contributed by atoms with Crippen LogP contribution in [0.1, 0.15) is 24.8 Å². The van der Waals surface area contributed by atoms with Gasteiger partial charge in [-0.3, -0.25) is 0 Å². The van der Waals surface area contributed by atoms with Crippen molar-refractivity contribution in [2.24, 2.45) is 16.6 Å². The molecule has 3 nitrogen and oxygen atoms in total. The van der Waals surface area contributed by atoms with Crippen molar-refractivity contribution in [3.05, 3.63) is 35.6 Å². The molecule has 0 radical (unpaired) electrons. The Morgan fingerprint density at radius 1 is 1.33 bits per heavy atom. The Morgan fingerprint density at radius 2 is 2.00 bits per heavy atom. The number of hydrogen-bond donors (Lipinski definition) is 2. The Labute approximate surface area is 124 Å². The van der Waals surface area contributed by atoms with Crippen molar-refractivity contribution in [3.8, 4) is 0 Å². The maximum absolute atomic E-state index is 12.7. The van der Waals surface area contributed by atoms with Gasteiger partial charge in [0.2, 0.25) is 0 Å². The zero-order valence-electron chi connectivity index (χ0n) is 10.2. The summed E-state index contributed by atoms with van der Waals surface area (Å²) in [5.41, 5.74) is 6.70. The van der Waals surface area contributed by atoms with Gasteiger partial charge in [-0.1, -0.05) is 18.6 Å². The summed E-state index contributed by atoms with van der Waals surface area (Å²) in [4.78, 5) is 4.22. The van der Waals surface area contributed by atoms with Crippen LogP contribution in [0.3, 0.4) is 0 Å². The van der Waals surface area contributed by atoms with E-state index in [2.05, 4.69) is 10.3 Å². The van der Waals surface area contributed by atoms with E-state index in [1.807, 2.05) is 0 Å². The molecule has 0 bridgehead atoms. The van der Waals surface area contributed by atoms with Gasteiger partial charge in [0.1, 0.15) is 5.82 Å². The number of nitrogens with two attached hydrogens (primary N) is 1. The van der Waals surface area contributed by atoms with Crippen molar-refractivity contribution in [1.82, 2.24) is 5.32 Å². The van der Waals surface area contributed by atoms with Crippen molar-refractivity contribution in [3.63, 3.8) is 0 Å². The molecule has 5 heteroatoms. The van der Waals surface area contributed by atoms with Crippen LogP contribution in [0.25, 0.3) is 0 Å². The number of hydrogen-bond acceptors (Lipinski definition) is 1. The first kappa shape index (κ1) is 15.2. The molecule has 1 saturated carbocycles. The molecule has 0 saturated heterocycles. The van der Waals surface area contributed by atoms with Crippen LogP contribution in [0.15, 0.2) is 29.3 Å². The zero-order valence-corrected chi connectivity index (χ0v) is 12.6. The van der Waals surface area contributed by atoms with E-state index in [-0.39, 0.29) is 29.8 Å². The summed E-state index contributed by atoms with van der Waals surface area (Å²) in [5, 5.41) is 3.12. The number of halogens is 2. The van der Waals surface area contributed by atoms with Gasteiger partial charge in [0, 0.05) is 6.54 Å². The van der Waals surface area contributed by atoms with Gasteiger partial charge in [0.15, 0.2) is 5.96 Å². The molecule has 2 rings (SSSR count). The maximum atomic E-state index is 12.7. The molecular formula is C13H19FIN3. The molecule has 0 aliphatic heterocycles. The highest BCUT2D eigenvalue weighted by Gasteiger charge is 2.16. The van der Waals surface area contributed by atoms with Gasteiger partial charge in [-0.05, 0) is 36.5 Å². The van der Waals surface area contributed by atoms with Crippen molar-refractivity contribution in [1.29, 1.82) is 0 Å². The van der Waals surface area contributed by atoms with E-state index >= 15 is 0 Å². The first-order chi connectivity index (χ1) is 8.24. The number of guanidine groups is 1. The summed E-state index contributed by atoms with van der Waals surface area (Å²) in [6.07, 6.45) is 3.91. The van der Waals surface area contributed by atoms with E-state index in [0.717, 1.165) is 18.0 Å². The summed E-state index contributed by atoms with van der Waals surface area (Å²) in [6.45, 7) is 1.41. The Kier molecular flexibility index (Phi) is 6.38. The van der Waals surface area contributed by atoms with Crippen molar-refractivity contribution in [2.75, 3.05) is 6.54 Å². The van der Waals surface area contributed by atoms with Gasteiger partial charge in [-0.2, -0.15) is 0 Å². The lowest BCUT2D eigenvalue weighted by molar-refractivity contribution is 0.315. The largest absolute Gasteiger partial charge is 0.370 e. The molecule has 0 heterocycles. The normalized spacial score (nSPS) is 15.7. The fraction of sp³-hybridized carbons (Fsp3) is 0.462. The minimum Gasteiger partial charge on any atom is -0.370 e. The van der Waals surface area contributed by atoms with E-state index in [1.54, 1.807) is 12.1 Å². The number of benzene rings is 1. The second-order valence-corrected chi connectivity index (χ2v) is 4.51. The maximum Gasteiger partial charge on any atom is 0.188 e. The Morgan fingerprint density at radius 3 is 2.56 bits per heavy atom. The van der Waals surface area contributed by atoms with Crippen molar-refractivity contribution in [2.45, 2.75) is 25.8 Å². The molecule has 0 spiro atoms. The highest BCUT2D eigenvalue weighted by molar-refractivity contribution is 14.0. The molecule has 3 N–H and O–H groups in total. The smallest absolute Gasteiger partial charge is 0.188 e. The summed E-state index contributed by atoms with van der Waals surface area (Å²) in [5.74, 6) is 1.00. The van der Waals surface area contributed by atoms with E-state index in [9.17, 15) is 4.39 Å². The third kappa shape index (κ3) is 4.80. The molecule has 1 aromatic carbocycles. The molecule has 1 aliphatic carbocycles. The van der Waals surface area contributed by atoms with Crippen LogP contribution in [-0.4, -0.2) is 12.5 Å². The predicted octanol–water partition coefficient (Wildman–Crippen LogP) is 2.65. The average Bonchev–Trinajstić information content (AvgIpc) is 2.26. The Hall–Kier alpha value is -0.850. The second-order valence-electron chi connectivity index (χ2n) is 4.51. The van der Waals surface area contributed by atoms with Gasteiger partial charge in [-0.15, -0.1) is 24.0 Å². The van der Waals surface area contributed by atoms with E-state index in [4.69, 9.17) is 5.73 Å². The van der Waals surface area contributed by atoms with Crippen LogP contribution in [0, 0.1) is 11.7 Å². The minimum atomic E-state index is -0.228. The monoisotopic (exact) mass is 363 g/mol. The standard InChI is InChI=1S/C13H18FN3.HI/c14-12-6-4-11(5-7-12)9-17-13(15)16-8-10-2-1-3-10;/h4-7,10H,1-3,8-9H2,(H3,15,16,17);1H. The quantitative estimate of drug-likeness (QED) is 0.491. The second kappa shape index (κ2) is 7.56. The van der Waals surface area contributed by atoms with Gasteiger partial charge >= 0.3 is 0 Å². The highest BCUT2D eigenvalue weighted by Crippen LogP contribution is 2.24. The fourth-order valence-corrected chi connectivity index (χ4v) is 1.77. The first-order valence-electron chi connectivity index (χ1n) is 6.02. The van der Waals surface area contributed by atoms with Crippen LogP contribution in [0.2, 0.25) is 0 Å². The summed E-state index contributed by atoms with van der Waals surface area (Å²) >= 11 is 0. The summed E-state index contributed by atoms with van der Waals surface area (Å²) < 4.78 is 12.7. The third-order valence-electron chi connectivity index (χ3n) is 3.14. The Balaban J connectivity index is 0.00000162. The zero-order chi connectivity index (χ0) is 12.1. The molecule has 1 fully saturated rings. The van der Waals surface area contributed by atoms with Gasteiger partial charge in [0.25, 0.3) is 0 Å². The van der Waals surface area contributed by atoms with Crippen LogP contribution in [-0.2, 0) is 6.54 Å². The van der Waals surface area contributed by atoms with Gasteiger partial charge in [-0.25, -0.2) is 9.38 Å². The van der Waals surface area contributed by atoms with Crippen molar-refractivity contribution >= 4 is 29.9 Å². The predicted molar refractivity (Wildman–Crippen MR) is 82.5 cm³/mol. The number of aliphatic imine (C=N–C) groups is 1. The third-order valence-corrected chi connectivity index (χ3v) is 3.14. The van der Waals surface area contributed by atoms with E-state index in [1.165, 1.54) is 31.4 Å². The molecule has 18 heavy (non-hydrogen) atoms. The number of rotatable bonds is 4. The van der Waals surface area contributed by atoms with E-state index in [0.29, 0.717) is 12.5 Å². The van der Waals surface area contributed by atoms with Crippen LogP contribution >= 0.6 is 24.0 Å². The number of nitrogens with zero attached hydrogens (tertiary/aromatic N) is 1. The molecule has 0 aromatic heterocycles. The van der Waals surface area contributed by atoms with Gasteiger partial charge in [0.05, 0.1) is 6.54 Å². The summed E-state index contributed by atoms with van der Waals surface area (Å²) in [7, 11) is 0. The van der Waals surface area contributed by atoms with Crippen molar-refractivity contribution < 1.29 is 4.39 Å². The Bertz CT molecular complexity index is 388. The lowest BCUT2D eigenvalue weighted by atomic mass is 9.85. The molecule has 0 atom stereocenters. The van der Waals surface area contributed by atoms with Crippen LogP contribution in [0.5, 0.6) is 0 Å². The molecule has 0 unspecified atom stereocenters.